The summed E-state index contributed by atoms with van der Waals surface area (Å²) >= 11 is 0. The van der Waals surface area contributed by atoms with Gasteiger partial charge in [0.25, 0.3) is 0 Å². The van der Waals surface area contributed by atoms with Gasteiger partial charge in [-0.25, -0.2) is 9.83 Å². The first-order valence-electron chi connectivity index (χ1n) is 32.5. The average Bonchev–Trinajstić information content (AvgIpc) is 1.56. The zero-order chi connectivity index (χ0) is 63.5. The Morgan fingerprint density at radius 1 is 0.426 bits per heavy atom. The molecule has 452 valence electrons. The highest BCUT2D eigenvalue weighted by Crippen LogP contribution is 2.43. The Morgan fingerprint density at radius 3 is 1.53 bits per heavy atom. The van der Waals surface area contributed by atoms with E-state index in [-0.39, 0.29) is 5.41 Å². The molecule has 0 aliphatic heterocycles. The van der Waals surface area contributed by atoms with Crippen molar-refractivity contribution in [2.75, 3.05) is 0 Å². The number of para-hydroxylation sites is 2. The minimum Gasteiger partial charge on any atom is -0.459 e. The van der Waals surface area contributed by atoms with E-state index >= 15 is 0 Å². The second-order valence-corrected chi connectivity index (χ2v) is 25.4. The Bertz CT molecular complexity index is 5030. The summed E-state index contributed by atoms with van der Waals surface area (Å²) in [7, 11) is 0. The fourth-order valence-electron chi connectivity index (χ4n) is 13.5. The Balaban J connectivity index is 0.749. The number of hydrogen-bond donors (Lipinski definition) is 0. The molecule has 15 rings (SSSR count). The molecule has 0 radical (unpaired) electrons. The summed E-state index contributed by atoms with van der Waals surface area (Å²) in [6.45, 7) is 15.8. The molecule has 0 bridgehead atoms. The predicted molar refractivity (Wildman–Crippen MR) is 388 cm³/mol. The molecule has 0 N–H and O–H groups in total. The van der Waals surface area contributed by atoms with Crippen LogP contribution in [0.15, 0.2) is 303 Å². The fraction of sp³-hybridized carbons (Fsp3) is 0.102. The molecule has 0 atom stereocenters. The minimum atomic E-state index is -0.0728. The third kappa shape index (κ3) is 12.0. The van der Waals surface area contributed by atoms with Crippen molar-refractivity contribution in [3.8, 4) is 101 Å². The van der Waals surface area contributed by atoms with Crippen molar-refractivity contribution in [2.24, 2.45) is 0 Å². The lowest BCUT2D eigenvalue weighted by molar-refractivity contribution is -0.676. The Kier molecular flexibility index (Phi) is 16.0. The summed E-state index contributed by atoms with van der Waals surface area (Å²) in [6.07, 6.45) is 9.46. The molecule has 0 spiro atoms. The highest BCUT2D eigenvalue weighted by atomic mass is 16.5. The summed E-state index contributed by atoms with van der Waals surface area (Å²) in [6, 6.07) is 106. The smallest absolute Gasteiger partial charge is 0.244 e. The molecule has 12 aromatic carbocycles. The standard InChI is InChI=1S/C88H69N5O/c1-88(2,3)73-45-46-90-87(55-73)93-83-44-41-66(61-26-11-5-12-27-61)54-82(83)81-43-42-76(59-86(81)93)94-77-57-74(89-4)56-75(58-77)92-60-91(84-39-22-23-40-85(84)92)47-24-10-21-36-80-78(71-50-67(62-28-13-6-14-29-62)48-68(51-71)63-30-15-7-16-31-63)37-25-38-79(80)72-52-69(64-32-17-8-18-33-64)49-70(53-72)65-34-19-9-20-35-65/h5-9,11-20,22-23,25-35,37-46,48-59H,10,21,24,36,47H2,1-3H3. The van der Waals surface area contributed by atoms with Crippen LogP contribution < -0.4 is 9.30 Å². The van der Waals surface area contributed by atoms with Crippen LogP contribution in [-0.2, 0) is 18.4 Å². The predicted octanol–water partition coefficient (Wildman–Crippen LogP) is 22.9. The molecular weight excluding hydrogens is 1140 g/mol. The first-order valence-corrected chi connectivity index (χ1v) is 32.5. The van der Waals surface area contributed by atoms with E-state index in [1.54, 1.807) is 0 Å². The van der Waals surface area contributed by atoms with Crippen LogP contribution in [0.1, 0.15) is 51.2 Å². The quantitative estimate of drug-likeness (QED) is 0.0518. The topological polar surface area (TPSA) is 40.2 Å². The Hall–Kier alpha value is -11.7. The van der Waals surface area contributed by atoms with Crippen molar-refractivity contribution in [3.63, 3.8) is 0 Å². The number of fused-ring (bicyclic) bond motifs is 4. The number of hydrogen-bond acceptors (Lipinski definition) is 2. The molecule has 0 amide bonds. The maximum atomic E-state index is 8.31. The van der Waals surface area contributed by atoms with Crippen LogP contribution in [0.5, 0.6) is 11.5 Å². The summed E-state index contributed by atoms with van der Waals surface area (Å²) in [5.41, 5.74) is 24.6. The van der Waals surface area contributed by atoms with Crippen LogP contribution >= 0.6 is 0 Å². The number of benzene rings is 12. The van der Waals surface area contributed by atoms with Gasteiger partial charge in [-0.05, 0) is 205 Å². The third-order valence-corrected chi connectivity index (χ3v) is 18.2. The van der Waals surface area contributed by atoms with Gasteiger partial charge in [0, 0.05) is 28.7 Å². The zero-order valence-electron chi connectivity index (χ0n) is 53.0. The number of unbranched alkanes of at least 4 members (excludes halogenated alkanes) is 2. The van der Waals surface area contributed by atoms with Crippen molar-refractivity contribution in [3.05, 3.63) is 332 Å². The van der Waals surface area contributed by atoms with Gasteiger partial charge in [0.05, 0.1) is 35.2 Å². The van der Waals surface area contributed by atoms with Crippen LogP contribution in [0.3, 0.4) is 0 Å². The molecule has 6 nitrogen and oxygen atoms in total. The largest absolute Gasteiger partial charge is 0.459 e. The van der Waals surface area contributed by atoms with Gasteiger partial charge in [-0.3, -0.25) is 4.57 Å². The summed E-state index contributed by atoms with van der Waals surface area (Å²) < 4.78 is 13.4. The number of rotatable bonds is 17. The zero-order valence-corrected chi connectivity index (χ0v) is 53.0. The fourth-order valence-corrected chi connectivity index (χ4v) is 13.5. The summed E-state index contributed by atoms with van der Waals surface area (Å²) in [5, 5.41) is 2.22. The molecule has 3 heterocycles. The lowest BCUT2D eigenvalue weighted by Crippen LogP contribution is -2.32. The normalized spacial score (nSPS) is 11.6. The lowest BCUT2D eigenvalue weighted by atomic mass is 9.85. The highest BCUT2D eigenvalue weighted by Gasteiger charge is 2.22. The number of pyridine rings is 1. The molecule has 0 saturated heterocycles. The third-order valence-electron chi connectivity index (χ3n) is 18.2. The molecule has 6 heteroatoms. The molecule has 0 aliphatic carbocycles. The van der Waals surface area contributed by atoms with E-state index in [2.05, 4.69) is 319 Å². The lowest BCUT2D eigenvalue weighted by Gasteiger charge is -2.20. The first-order chi connectivity index (χ1) is 46.1. The molecule has 94 heavy (non-hydrogen) atoms. The van der Waals surface area contributed by atoms with Crippen molar-refractivity contribution >= 4 is 38.5 Å². The number of imidazole rings is 1. The van der Waals surface area contributed by atoms with Crippen molar-refractivity contribution in [2.45, 2.75) is 58.4 Å². The molecule has 15 aromatic rings. The van der Waals surface area contributed by atoms with Gasteiger partial charge in [0.2, 0.25) is 6.33 Å². The van der Waals surface area contributed by atoms with E-state index < -0.39 is 0 Å². The second-order valence-electron chi connectivity index (χ2n) is 25.4. The summed E-state index contributed by atoms with van der Waals surface area (Å²) in [5.74, 6) is 2.06. The molecule has 0 unspecified atom stereocenters. The van der Waals surface area contributed by atoms with E-state index in [0.29, 0.717) is 17.2 Å². The van der Waals surface area contributed by atoms with Gasteiger partial charge in [-0.15, -0.1) is 0 Å². The SMILES string of the molecule is [C-]#[N+]c1cc(Oc2ccc3c4cc(-c5ccccc5)ccc4n(-c4cc(C(C)(C)C)ccn4)c3c2)cc(-n2[c-][n+](CCCCCc3c(-c4cc(-c5ccccc5)cc(-c5ccccc5)c4)cccc3-c3cc(-c4ccccc4)cc(-c4ccccc4)c3)c3ccccc32)c1. The van der Waals surface area contributed by atoms with E-state index in [1.165, 1.54) is 77.9 Å². The van der Waals surface area contributed by atoms with Gasteiger partial charge in [-0.2, -0.15) is 0 Å². The van der Waals surface area contributed by atoms with Gasteiger partial charge in [-0.1, -0.05) is 227 Å². The van der Waals surface area contributed by atoms with Crippen molar-refractivity contribution < 1.29 is 9.30 Å². The number of aromatic nitrogens is 4. The molecule has 0 aliphatic rings. The van der Waals surface area contributed by atoms with E-state index in [4.69, 9.17) is 16.3 Å². The van der Waals surface area contributed by atoms with Crippen molar-refractivity contribution in [1.29, 1.82) is 0 Å². The van der Waals surface area contributed by atoms with Gasteiger partial charge < -0.3 is 13.9 Å². The number of ether oxygens (including phenoxy) is 1. The van der Waals surface area contributed by atoms with Gasteiger partial charge >= 0.3 is 0 Å². The van der Waals surface area contributed by atoms with Gasteiger partial charge in [0.15, 0.2) is 5.69 Å². The van der Waals surface area contributed by atoms with Crippen LogP contribution in [0.4, 0.5) is 5.69 Å². The van der Waals surface area contributed by atoms with E-state index in [0.717, 1.165) is 87.7 Å². The monoisotopic (exact) mass is 1210 g/mol. The molecule has 0 saturated carbocycles. The molecular formula is C88H69N5O. The second kappa shape index (κ2) is 25.6. The van der Waals surface area contributed by atoms with Crippen LogP contribution in [0.2, 0.25) is 0 Å². The summed E-state index contributed by atoms with van der Waals surface area (Å²) in [4.78, 5) is 8.96. The Labute approximate surface area is 550 Å². The maximum absolute atomic E-state index is 8.31. The van der Waals surface area contributed by atoms with Gasteiger partial charge in [0.1, 0.15) is 17.3 Å². The van der Waals surface area contributed by atoms with Crippen LogP contribution in [-0.4, -0.2) is 14.1 Å². The molecule has 3 aromatic heterocycles. The Morgan fingerprint density at radius 2 is 0.968 bits per heavy atom. The first kappa shape index (κ1) is 58.7. The number of aryl methyl sites for hydroxylation is 1. The highest BCUT2D eigenvalue weighted by molar-refractivity contribution is 6.11. The van der Waals surface area contributed by atoms with E-state index in [9.17, 15) is 0 Å². The average molecular weight is 1210 g/mol. The van der Waals surface area contributed by atoms with Crippen LogP contribution in [0, 0.1) is 12.9 Å². The maximum Gasteiger partial charge on any atom is 0.244 e. The number of nitrogens with zero attached hydrogens (tertiary/aromatic N) is 5. The van der Waals surface area contributed by atoms with E-state index in [1.807, 2.05) is 30.5 Å². The van der Waals surface area contributed by atoms with Crippen LogP contribution in [0.25, 0.3) is 127 Å². The molecule has 0 fully saturated rings. The minimum absolute atomic E-state index is 0.0728. The van der Waals surface area contributed by atoms with Crippen molar-refractivity contribution in [1.82, 2.24) is 14.1 Å².